The average molecular weight is 1490 g/mol. The quantitative estimate of drug-likeness (QED) is 0.0351. The van der Waals surface area contributed by atoms with Gasteiger partial charge in [0.1, 0.15) is 0 Å². The second kappa shape index (κ2) is 78.7. The van der Waals surface area contributed by atoms with Gasteiger partial charge in [0.2, 0.25) is 0 Å². The second-order valence-corrected chi connectivity index (χ2v) is 33.0. The van der Waals surface area contributed by atoms with Crippen LogP contribution >= 0.6 is 0 Å². The van der Waals surface area contributed by atoms with Gasteiger partial charge < -0.3 is 23.8 Å². The Kier molecular flexibility index (Phi) is 75.0. The van der Waals surface area contributed by atoms with Gasteiger partial charge in [-0.15, -0.1) is 0 Å². The number of aromatic nitrogens is 2. The number of carbonyl (C=O) groups excluding carboxylic acids is 4. The summed E-state index contributed by atoms with van der Waals surface area (Å²) in [7, 11) is 0. The molecular formula is C94H180N4O8. The number of esters is 4. The van der Waals surface area contributed by atoms with Crippen molar-refractivity contribution in [3.8, 4) is 0 Å². The Labute approximate surface area is 658 Å². The third-order valence-corrected chi connectivity index (χ3v) is 22.8. The summed E-state index contributed by atoms with van der Waals surface area (Å²) < 4.78 is 26.2. The van der Waals surface area contributed by atoms with Crippen LogP contribution in [0.1, 0.15) is 472 Å². The average Bonchev–Trinajstić information content (AvgIpc) is 1.76. The lowest BCUT2D eigenvalue weighted by molar-refractivity contribution is -0.150. The number of hydrogen-bond acceptors (Lipinski definition) is 11. The predicted molar refractivity (Wildman–Crippen MR) is 453 cm³/mol. The SMILES string of the molecule is CCCCCCCCC(CCCCCC)C(=O)OCCCCCCN(CCCCCCOC(=O)C(CCCCCC)CCCCCCCC)CCn1cc(CN(CCCCCCOC(=O)C(CCCCCC)CCCCCCCC)CCCCCCOC(=O)C(CCCCCC)CCCCCCCC)cn1. The van der Waals surface area contributed by atoms with Crippen LogP contribution in [-0.4, -0.2) is 103 Å². The van der Waals surface area contributed by atoms with Gasteiger partial charge in [-0.05, 0) is 129 Å². The third kappa shape index (κ3) is 62.6. The van der Waals surface area contributed by atoms with Gasteiger partial charge in [0.25, 0.3) is 0 Å². The molecule has 0 spiro atoms. The van der Waals surface area contributed by atoms with Crippen molar-refractivity contribution >= 4 is 23.9 Å². The summed E-state index contributed by atoms with van der Waals surface area (Å²) in [6.07, 6.45) is 78.2. The van der Waals surface area contributed by atoms with E-state index in [1.165, 1.54) is 211 Å². The molecule has 1 aromatic heterocycles. The van der Waals surface area contributed by atoms with Crippen LogP contribution in [0.5, 0.6) is 0 Å². The summed E-state index contributed by atoms with van der Waals surface area (Å²) in [5, 5.41) is 4.99. The number of nitrogens with zero attached hydrogens (tertiary/aromatic N) is 4. The monoisotopic (exact) mass is 1490 g/mol. The molecule has 0 radical (unpaired) electrons. The number of hydrogen-bond donors (Lipinski definition) is 0. The fraction of sp³-hybridized carbons (Fsp3) is 0.926. The zero-order valence-electron chi connectivity index (χ0n) is 72.1. The number of unbranched alkanes of at least 4 members (excludes halogenated alkanes) is 44. The summed E-state index contributed by atoms with van der Waals surface area (Å²) in [5.41, 5.74) is 1.26. The fourth-order valence-electron chi connectivity index (χ4n) is 15.5. The van der Waals surface area contributed by atoms with E-state index in [4.69, 9.17) is 24.0 Å². The molecular weight excluding hydrogens is 1310 g/mol. The lowest BCUT2D eigenvalue weighted by Gasteiger charge is -2.23. The first-order valence-electron chi connectivity index (χ1n) is 47.2. The normalized spacial score (nSPS) is 12.9. The fourth-order valence-corrected chi connectivity index (χ4v) is 15.5. The summed E-state index contributed by atoms with van der Waals surface area (Å²) >= 11 is 0. The van der Waals surface area contributed by atoms with E-state index in [1.54, 1.807) is 0 Å². The maximum absolute atomic E-state index is 13.4. The van der Waals surface area contributed by atoms with E-state index < -0.39 is 0 Å². The molecule has 1 heterocycles. The highest BCUT2D eigenvalue weighted by molar-refractivity contribution is 5.73. The van der Waals surface area contributed by atoms with Crippen LogP contribution in [0.3, 0.4) is 0 Å². The first kappa shape index (κ1) is 101. The molecule has 0 fully saturated rings. The van der Waals surface area contributed by atoms with Crippen molar-refractivity contribution in [3.63, 3.8) is 0 Å². The molecule has 1 aromatic rings. The Bertz CT molecular complexity index is 1920. The molecule has 1 rings (SSSR count). The first-order valence-corrected chi connectivity index (χ1v) is 47.2. The van der Waals surface area contributed by atoms with E-state index in [0.29, 0.717) is 26.4 Å². The number of carbonyl (C=O) groups is 4. The van der Waals surface area contributed by atoms with Crippen molar-refractivity contribution < 1.29 is 38.1 Å². The lowest BCUT2D eigenvalue weighted by Crippen LogP contribution is -2.30. The molecule has 0 amide bonds. The van der Waals surface area contributed by atoms with Crippen molar-refractivity contribution in [1.82, 2.24) is 19.6 Å². The number of rotatable bonds is 85. The van der Waals surface area contributed by atoms with Gasteiger partial charge in [-0.2, -0.15) is 5.10 Å². The minimum atomic E-state index is 0.0449. The Morgan fingerprint density at radius 1 is 0.274 bits per heavy atom. The molecule has 0 bridgehead atoms. The Balaban J connectivity index is 3.11. The van der Waals surface area contributed by atoms with E-state index in [-0.39, 0.29) is 47.5 Å². The van der Waals surface area contributed by atoms with E-state index in [0.717, 1.165) is 251 Å². The molecule has 4 atom stereocenters. The Morgan fingerprint density at radius 2 is 0.481 bits per heavy atom. The smallest absolute Gasteiger partial charge is 0.308 e. The highest BCUT2D eigenvalue weighted by Gasteiger charge is 2.24. The van der Waals surface area contributed by atoms with E-state index in [2.05, 4.69) is 82.3 Å². The highest BCUT2D eigenvalue weighted by Crippen LogP contribution is 2.26. The molecule has 0 N–H and O–H groups in total. The van der Waals surface area contributed by atoms with Crippen molar-refractivity contribution in [2.45, 2.75) is 479 Å². The molecule has 4 unspecified atom stereocenters. The summed E-state index contributed by atoms with van der Waals surface area (Å²) in [4.78, 5) is 59.1. The van der Waals surface area contributed by atoms with Crippen LogP contribution in [0.25, 0.3) is 0 Å². The van der Waals surface area contributed by atoms with Gasteiger partial charge in [0, 0.05) is 24.8 Å². The van der Waals surface area contributed by atoms with Crippen molar-refractivity contribution in [2.75, 3.05) is 59.2 Å². The van der Waals surface area contributed by atoms with Crippen molar-refractivity contribution in [1.29, 1.82) is 0 Å². The van der Waals surface area contributed by atoms with Gasteiger partial charge >= 0.3 is 23.9 Å². The molecule has 624 valence electrons. The largest absolute Gasteiger partial charge is 0.465 e. The molecule has 0 aliphatic carbocycles. The first-order chi connectivity index (χ1) is 52.1. The van der Waals surface area contributed by atoms with Crippen LogP contribution < -0.4 is 0 Å². The van der Waals surface area contributed by atoms with Gasteiger partial charge in [0.05, 0.1) is 62.8 Å². The molecule has 106 heavy (non-hydrogen) atoms. The molecule has 0 saturated heterocycles. The minimum Gasteiger partial charge on any atom is -0.465 e. The zero-order chi connectivity index (χ0) is 76.9. The molecule has 0 aliphatic heterocycles. The maximum atomic E-state index is 13.4. The van der Waals surface area contributed by atoms with Crippen LogP contribution in [0.2, 0.25) is 0 Å². The van der Waals surface area contributed by atoms with Crippen molar-refractivity contribution in [3.05, 3.63) is 18.0 Å². The predicted octanol–water partition coefficient (Wildman–Crippen LogP) is 27.8. The summed E-state index contributed by atoms with van der Waals surface area (Å²) in [5.74, 6) is 0.389. The van der Waals surface area contributed by atoms with E-state index >= 15 is 0 Å². The third-order valence-electron chi connectivity index (χ3n) is 22.8. The number of ether oxygens (including phenoxy) is 4. The van der Waals surface area contributed by atoms with E-state index in [1.807, 2.05) is 0 Å². The van der Waals surface area contributed by atoms with E-state index in [9.17, 15) is 19.2 Å². The lowest BCUT2D eigenvalue weighted by atomic mass is 9.94. The summed E-state index contributed by atoms with van der Waals surface area (Å²) in [6.45, 7) is 27.0. The van der Waals surface area contributed by atoms with Gasteiger partial charge in [-0.1, -0.05) is 364 Å². The Hall–Kier alpha value is -2.99. The van der Waals surface area contributed by atoms with Crippen LogP contribution in [-0.2, 0) is 51.2 Å². The summed E-state index contributed by atoms with van der Waals surface area (Å²) in [6, 6.07) is 0. The van der Waals surface area contributed by atoms with Gasteiger partial charge in [-0.3, -0.25) is 28.8 Å². The van der Waals surface area contributed by atoms with Crippen molar-refractivity contribution in [2.24, 2.45) is 23.7 Å². The Morgan fingerprint density at radius 3 is 0.736 bits per heavy atom. The van der Waals surface area contributed by atoms with Crippen LogP contribution in [0.15, 0.2) is 12.4 Å². The molecule has 0 aromatic carbocycles. The highest BCUT2D eigenvalue weighted by atomic mass is 16.5. The molecule has 12 heteroatoms. The zero-order valence-corrected chi connectivity index (χ0v) is 72.1. The maximum Gasteiger partial charge on any atom is 0.308 e. The minimum absolute atomic E-state index is 0.0449. The molecule has 12 nitrogen and oxygen atoms in total. The topological polar surface area (TPSA) is 130 Å². The van der Waals surface area contributed by atoms with Gasteiger partial charge in [0.15, 0.2) is 0 Å². The molecule has 0 aliphatic rings. The second-order valence-electron chi connectivity index (χ2n) is 33.0. The van der Waals surface area contributed by atoms with Crippen LogP contribution in [0, 0.1) is 23.7 Å². The molecule has 0 saturated carbocycles. The van der Waals surface area contributed by atoms with Crippen LogP contribution in [0.4, 0.5) is 0 Å². The standard InChI is InChI=1S/C94H180N4O8/c1-9-17-25-33-37-53-69-87(65-49-29-21-13-5)91(99)103-79-61-45-41-57-73-96(74-58-42-46-62-80-104-92(100)88(66-50-30-22-14-6)70-54-38-34-26-18-10-2)77-78-98-85-86(83-95-98)84-97(75-59-43-47-63-81-105-93(101)89(67-51-31-23-15-7)71-55-39-35-27-19-11-3)76-60-44-48-64-82-106-94(102)90(68-52-32-24-16-8)72-56-40-36-28-20-12-4/h83,85,87-90H,9-82,84H2,1-8H3. The van der Waals surface area contributed by atoms with Gasteiger partial charge in [-0.25, -0.2) is 0 Å².